The van der Waals surface area contributed by atoms with Gasteiger partial charge in [-0.3, -0.25) is 0 Å². The standard InChI is InChI=1S/C14H18BrF3N2/c15-11-3-4-12(14(16,17)18)13(8-11)20-7-5-10-2-1-6-19-9-10/h3-4,8,10,19-20H,1-2,5-7,9H2. The normalized spacial score (nSPS) is 19.9. The maximum atomic E-state index is 12.9. The van der Waals surface area contributed by atoms with Crippen LogP contribution in [0.25, 0.3) is 0 Å². The van der Waals surface area contributed by atoms with Gasteiger partial charge in [0.2, 0.25) is 0 Å². The van der Waals surface area contributed by atoms with E-state index in [0.29, 0.717) is 16.9 Å². The largest absolute Gasteiger partial charge is 0.418 e. The van der Waals surface area contributed by atoms with Crippen LogP contribution in [0.1, 0.15) is 24.8 Å². The van der Waals surface area contributed by atoms with Crippen molar-refractivity contribution in [2.75, 3.05) is 25.0 Å². The van der Waals surface area contributed by atoms with E-state index in [-0.39, 0.29) is 5.69 Å². The first kappa shape index (κ1) is 15.6. The number of halogens is 4. The summed E-state index contributed by atoms with van der Waals surface area (Å²) in [5, 5.41) is 6.24. The lowest BCUT2D eigenvalue weighted by Gasteiger charge is -2.23. The van der Waals surface area contributed by atoms with E-state index in [1.165, 1.54) is 12.1 Å². The molecule has 112 valence electrons. The monoisotopic (exact) mass is 350 g/mol. The average molecular weight is 351 g/mol. The molecule has 1 heterocycles. The maximum absolute atomic E-state index is 12.9. The zero-order chi connectivity index (χ0) is 14.6. The highest BCUT2D eigenvalue weighted by atomic mass is 79.9. The number of nitrogens with one attached hydrogen (secondary N) is 2. The summed E-state index contributed by atoms with van der Waals surface area (Å²) in [5.74, 6) is 0.553. The van der Waals surface area contributed by atoms with Gasteiger partial charge in [0.05, 0.1) is 5.56 Å². The van der Waals surface area contributed by atoms with Crippen molar-refractivity contribution in [3.8, 4) is 0 Å². The molecule has 2 rings (SSSR count). The summed E-state index contributed by atoms with van der Waals surface area (Å²) in [7, 11) is 0. The third kappa shape index (κ3) is 4.38. The van der Waals surface area contributed by atoms with Gasteiger partial charge < -0.3 is 10.6 Å². The van der Waals surface area contributed by atoms with Crippen molar-refractivity contribution in [3.63, 3.8) is 0 Å². The van der Waals surface area contributed by atoms with Gasteiger partial charge in [-0.15, -0.1) is 0 Å². The minimum Gasteiger partial charge on any atom is -0.385 e. The Bertz CT molecular complexity index is 443. The highest BCUT2D eigenvalue weighted by molar-refractivity contribution is 9.10. The Hall–Kier alpha value is -0.750. The first-order chi connectivity index (χ1) is 9.47. The summed E-state index contributed by atoms with van der Waals surface area (Å²) in [6, 6.07) is 4.01. The van der Waals surface area contributed by atoms with Crippen LogP contribution in [-0.4, -0.2) is 19.6 Å². The first-order valence-electron chi connectivity index (χ1n) is 6.78. The molecule has 0 spiro atoms. The van der Waals surface area contributed by atoms with Crippen molar-refractivity contribution in [1.82, 2.24) is 5.32 Å². The molecule has 0 aromatic heterocycles. The van der Waals surface area contributed by atoms with Crippen LogP contribution in [0, 0.1) is 5.92 Å². The molecule has 0 amide bonds. The highest BCUT2D eigenvalue weighted by Crippen LogP contribution is 2.36. The summed E-state index contributed by atoms with van der Waals surface area (Å²) >= 11 is 3.21. The molecule has 0 saturated carbocycles. The number of piperidine rings is 1. The second kappa shape index (κ2) is 6.80. The van der Waals surface area contributed by atoms with Crippen LogP contribution in [0.4, 0.5) is 18.9 Å². The third-order valence-corrected chi connectivity index (χ3v) is 4.05. The van der Waals surface area contributed by atoms with Gasteiger partial charge in [0.1, 0.15) is 0 Å². The minimum absolute atomic E-state index is 0.149. The predicted octanol–water partition coefficient (Wildman–Crippen LogP) is 4.27. The molecule has 1 aromatic carbocycles. The van der Waals surface area contributed by atoms with Crippen molar-refractivity contribution in [2.24, 2.45) is 5.92 Å². The van der Waals surface area contributed by atoms with E-state index in [1.54, 1.807) is 0 Å². The lowest BCUT2D eigenvalue weighted by Crippen LogP contribution is -2.30. The fraction of sp³-hybridized carbons (Fsp3) is 0.571. The van der Waals surface area contributed by atoms with E-state index >= 15 is 0 Å². The molecule has 1 fully saturated rings. The number of hydrogen-bond acceptors (Lipinski definition) is 2. The molecular weight excluding hydrogens is 333 g/mol. The van der Waals surface area contributed by atoms with E-state index in [4.69, 9.17) is 0 Å². The Morgan fingerprint density at radius 2 is 2.15 bits per heavy atom. The van der Waals surface area contributed by atoms with Crippen LogP contribution >= 0.6 is 15.9 Å². The summed E-state index contributed by atoms with van der Waals surface area (Å²) in [5.41, 5.74) is -0.460. The Balaban J connectivity index is 1.95. The number of rotatable bonds is 4. The Labute approximate surface area is 125 Å². The minimum atomic E-state index is -4.32. The van der Waals surface area contributed by atoms with E-state index in [2.05, 4.69) is 26.6 Å². The number of alkyl halides is 3. The van der Waals surface area contributed by atoms with E-state index in [0.717, 1.165) is 38.4 Å². The summed E-state index contributed by atoms with van der Waals surface area (Å²) in [6.07, 6.45) is -1.14. The van der Waals surface area contributed by atoms with Gasteiger partial charge in [-0.1, -0.05) is 15.9 Å². The molecule has 2 nitrogen and oxygen atoms in total. The van der Waals surface area contributed by atoms with Gasteiger partial charge in [-0.25, -0.2) is 0 Å². The zero-order valence-electron chi connectivity index (χ0n) is 11.1. The van der Waals surface area contributed by atoms with Crippen molar-refractivity contribution < 1.29 is 13.2 Å². The van der Waals surface area contributed by atoms with Crippen LogP contribution < -0.4 is 10.6 Å². The number of anilines is 1. The van der Waals surface area contributed by atoms with Gasteiger partial charge in [0, 0.05) is 16.7 Å². The van der Waals surface area contributed by atoms with Gasteiger partial charge in [-0.05, 0) is 56.5 Å². The quantitative estimate of drug-likeness (QED) is 0.847. The second-order valence-electron chi connectivity index (χ2n) is 5.12. The highest BCUT2D eigenvalue weighted by Gasteiger charge is 2.33. The van der Waals surface area contributed by atoms with Crippen LogP contribution in [0.15, 0.2) is 22.7 Å². The zero-order valence-corrected chi connectivity index (χ0v) is 12.6. The molecule has 1 atom stereocenters. The van der Waals surface area contributed by atoms with Gasteiger partial charge in [-0.2, -0.15) is 13.2 Å². The van der Waals surface area contributed by atoms with Crippen molar-refractivity contribution in [3.05, 3.63) is 28.2 Å². The summed E-state index contributed by atoms with van der Waals surface area (Å²) in [6.45, 7) is 2.58. The van der Waals surface area contributed by atoms with Crippen molar-refractivity contribution in [1.29, 1.82) is 0 Å². The first-order valence-corrected chi connectivity index (χ1v) is 7.57. The van der Waals surface area contributed by atoms with Crippen LogP contribution in [0.5, 0.6) is 0 Å². The van der Waals surface area contributed by atoms with Crippen LogP contribution in [0.2, 0.25) is 0 Å². The molecule has 1 aliphatic rings. The molecule has 1 unspecified atom stereocenters. The summed E-state index contributed by atoms with van der Waals surface area (Å²) < 4.78 is 39.3. The molecule has 20 heavy (non-hydrogen) atoms. The summed E-state index contributed by atoms with van der Waals surface area (Å²) in [4.78, 5) is 0. The Morgan fingerprint density at radius 1 is 1.35 bits per heavy atom. The molecule has 1 aliphatic heterocycles. The lowest BCUT2D eigenvalue weighted by atomic mass is 9.96. The third-order valence-electron chi connectivity index (χ3n) is 3.55. The predicted molar refractivity (Wildman–Crippen MR) is 77.8 cm³/mol. The van der Waals surface area contributed by atoms with Crippen LogP contribution in [0.3, 0.4) is 0 Å². The molecule has 1 aromatic rings. The van der Waals surface area contributed by atoms with Gasteiger partial charge in [0.25, 0.3) is 0 Å². The molecule has 6 heteroatoms. The van der Waals surface area contributed by atoms with E-state index < -0.39 is 11.7 Å². The molecule has 0 radical (unpaired) electrons. The number of benzene rings is 1. The van der Waals surface area contributed by atoms with Crippen molar-refractivity contribution >= 4 is 21.6 Å². The second-order valence-corrected chi connectivity index (χ2v) is 6.03. The fourth-order valence-corrected chi connectivity index (χ4v) is 2.85. The smallest absolute Gasteiger partial charge is 0.385 e. The Kier molecular flexibility index (Phi) is 5.32. The van der Waals surface area contributed by atoms with E-state index in [9.17, 15) is 13.2 Å². The van der Waals surface area contributed by atoms with Crippen LogP contribution in [-0.2, 0) is 6.18 Å². The SMILES string of the molecule is FC(F)(F)c1ccc(Br)cc1NCCC1CCCNC1. The van der Waals surface area contributed by atoms with E-state index in [1.807, 2.05) is 0 Å². The number of hydrogen-bond donors (Lipinski definition) is 2. The van der Waals surface area contributed by atoms with Gasteiger partial charge >= 0.3 is 6.18 Å². The Morgan fingerprint density at radius 3 is 2.80 bits per heavy atom. The van der Waals surface area contributed by atoms with Gasteiger partial charge in [0.15, 0.2) is 0 Å². The topological polar surface area (TPSA) is 24.1 Å². The molecule has 1 saturated heterocycles. The van der Waals surface area contributed by atoms with Crippen molar-refractivity contribution in [2.45, 2.75) is 25.4 Å². The molecular formula is C14H18BrF3N2. The average Bonchev–Trinajstić information content (AvgIpc) is 2.38. The molecule has 0 bridgehead atoms. The maximum Gasteiger partial charge on any atom is 0.418 e. The molecule has 2 N–H and O–H groups in total. The fourth-order valence-electron chi connectivity index (χ4n) is 2.49. The molecule has 0 aliphatic carbocycles. The lowest BCUT2D eigenvalue weighted by molar-refractivity contribution is -0.137.